The van der Waals surface area contributed by atoms with Crippen molar-refractivity contribution in [2.45, 2.75) is 6.42 Å². The van der Waals surface area contributed by atoms with Gasteiger partial charge in [0.25, 0.3) is 0 Å². The first-order chi connectivity index (χ1) is 7.18. The van der Waals surface area contributed by atoms with Crippen molar-refractivity contribution in [2.75, 3.05) is 13.2 Å². The van der Waals surface area contributed by atoms with Crippen LogP contribution in [-0.4, -0.2) is 19.0 Å². The molecule has 1 heterocycles. The van der Waals surface area contributed by atoms with Crippen molar-refractivity contribution < 1.29 is 13.9 Å². The Morgan fingerprint density at radius 1 is 1.53 bits per heavy atom. The predicted molar refractivity (Wildman–Crippen MR) is 54.7 cm³/mol. The molecule has 0 spiro atoms. The Labute approximate surface area is 92.0 Å². The van der Waals surface area contributed by atoms with E-state index in [4.69, 9.17) is 16.3 Å². The molecule has 2 nitrogen and oxygen atoms in total. The number of hydrogen-bond acceptors (Lipinski definition) is 2. The van der Waals surface area contributed by atoms with Crippen molar-refractivity contribution in [1.82, 2.24) is 0 Å². The molecule has 0 aliphatic carbocycles. The molecule has 2 rings (SSSR count). The topological polar surface area (TPSA) is 26.3 Å². The maximum absolute atomic E-state index is 13.1. The van der Waals surface area contributed by atoms with Gasteiger partial charge in [-0.3, -0.25) is 4.79 Å². The zero-order valence-electron chi connectivity index (χ0n) is 8.00. The number of carbonyl (C=O) groups excluding carboxylic acids is 1. The van der Waals surface area contributed by atoms with E-state index in [2.05, 4.69) is 0 Å². The van der Waals surface area contributed by atoms with Gasteiger partial charge in [0.1, 0.15) is 5.82 Å². The first-order valence-corrected chi connectivity index (χ1v) is 5.13. The molecule has 0 radical (unpaired) electrons. The molecular formula is C11H10ClFO2. The molecule has 1 aromatic carbocycles. The average molecular weight is 229 g/mol. The Morgan fingerprint density at radius 3 is 2.93 bits per heavy atom. The van der Waals surface area contributed by atoms with Gasteiger partial charge < -0.3 is 4.74 Å². The quantitative estimate of drug-likeness (QED) is 0.728. The van der Waals surface area contributed by atoms with Gasteiger partial charge in [0, 0.05) is 18.1 Å². The molecule has 0 N–H and O–H groups in total. The van der Waals surface area contributed by atoms with Crippen LogP contribution in [0.2, 0.25) is 5.02 Å². The predicted octanol–water partition coefficient (Wildman–Crippen LogP) is 2.70. The molecule has 1 aliphatic rings. The van der Waals surface area contributed by atoms with Gasteiger partial charge in [-0.05, 0) is 24.6 Å². The molecule has 15 heavy (non-hydrogen) atoms. The third-order valence-electron chi connectivity index (χ3n) is 2.50. The van der Waals surface area contributed by atoms with Crippen LogP contribution in [0.25, 0.3) is 0 Å². The van der Waals surface area contributed by atoms with E-state index >= 15 is 0 Å². The van der Waals surface area contributed by atoms with Crippen molar-refractivity contribution in [2.24, 2.45) is 5.92 Å². The van der Waals surface area contributed by atoms with E-state index in [1.807, 2.05) is 0 Å². The first kappa shape index (κ1) is 10.6. The lowest BCUT2D eigenvalue weighted by Crippen LogP contribution is -2.14. The smallest absolute Gasteiger partial charge is 0.168 e. The Kier molecular flexibility index (Phi) is 3.03. The third-order valence-corrected chi connectivity index (χ3v) is 2.81. The van der Waals surface area contributed by atoms with Crippen molar-refractivity contribution >= 4 is 17.4 Å². The lowest BCUT2D eigenvalue weighted by Gasteiger charge is -2.06. The van der Waals surface area contributed by atoms with E-state index < -0.39 is 5.82 Å². The highest BCUT2D eigenvalue weighted by Crippen LogP contribution is 2.21. The molecular weight excluding hydrogens is 219 g/mol. The summed E-state index contributed by atoms with van der Waals surface area (Å²) in [6.07, 6.45) is 0.711. The summed E-state index contributed by atoms with van der Waals surface area (Å²) >= 11 is 5.53. The van der Waals surface area contributed by atoms with Crippen LogP contribution in [-0.2, 0) is 4.74 Å². The molecule has 1 atom stereocenters. The molecule has 0 bridgehead atoms. The Hall–Kier alpha value is -0.930. The van der Waals surface area contributed by atoms with Crippen molar-refractivity contribution in [1.29, 1.82) is 0 Å². The second kappa shape index (κ2) is 4.29. The Balaban J connectivity index is 2.21. The van der Waals surface area contributed by atoms with Crippen molar-refractivity contribution in [3.63, 3.8) is 0 Å². The standard InChI is InChI=1S/C11H10ClFO2/c12-9-2-1-7(5-10(9)13)11(14)8-3-4-15-6-8/h1-2,5,8H,3-4,6H2. The van der Waals surface area contributed by atoms with Gasteiger partial charge in [0.2, 0.25) is 0 Å². The highest BCUT2D eigenvalue weighted by atomic mass is 35.5. The molecule has 1 aromatic rings. The van der Waals surface area contributed by atoms with Crippen molar-refractivity contribution in [3.8, 4) is 0 Å². The summed E-state index contributed by atoms with van der Waals surface area (Å²) in [5, 5.41) is 0.0363. The minimum absolute atomic E-state index is 0.0363. The molecule has 4 heteroatoms. The average Bonchev–Trinajstić information content (AvgIpc) is 2.74. The summed E-state index contributed by atoms with van der Waals surface area (Å²) in [6, 6.07) is 4.13. The number of halogens is 2. The number of hydrogen-bond donors (Lipinski definition) is 0. The summed E-state index contributed by atoms with van der Waals surface area (Å²) in [5.74, 6) is -0.755. The van der Waals surface area contributed by atoms with E-state index in [1.165, 1.54) is 12.1 Å². The molecule has 0 amide bonds. The van der Waals surface area contributed by atoms with Gasteiger partial charge in [-0.15, -0.1) is 0 Å². The number of carbonyl (C=O) groups is 1. The van der Waals surface area contributed by atoms with Crippen LogP contribution < -0.4 is 0 Å². The van der Waals surface area contributed by atoms with E-state index in [1.54, 1.807) is 6.07 Å². The van der Waals surface area contributed by atoms with Crippen LogP contribution in [0.4, 0.5) is 4.39 Å². The molecule has 0 aromatic heterocycles. The normalized spacial score (nSPS) is 20.5. The Morgan fingerprint density at radius 2 is 2.33 bits per heavy atom. The zero-order chi connectivity index (χ0) is 10.8. The number of rotatable bonds is 2. The summed E-state index contributed by atoms with van der Waals surface area (Å²) < 4.78 is 18.2. The van der Waals surface area contributed by atoms with Crippen LogP contribution in [0.3, 0.4) is 0 Å². The van der Waals surface area contributed by atoms with Crippen LogP contribution in [0.15, 0.2) is 18.2 Å². The van der Waals surface area contributed by atoms with E-state index in [-0.39, 0.29) is 16.7 Å². The van der Waals surface area contributed by atoms with E-state index in [9.17, 15) is 9.18 Å². The fourth-order valence-electron chi connectivity index (χ4n) is 1.63. The summed E-state index contributed by atoms with van der Waals surface area (Å²) in [4.78, 5) is 11.8. The van der Waals surface area contributed by atoms with Gasteiger partial charge in [-0.25, -0.2) is 4.39 Å². The minimum Gasteiger partial charge on any atom is -0.381 e. The first-order valence-electron chi connectivity index (χ1n) is 4.75. The summed E-state index contributed by atoms with van der Waals surface area (Å²) in [5.41, 5.74) is 0.368. The number of ketones is 1. The molecule has 1 saturated heterocycles. The van der Waals surface area contributed by atoms with Gasteiger partial charge in [-0.2, -0.15) is 0 Å². The van der Waals surface area contributed by atoms with E-state index in [0.717, 1.165) is 0 Å². The number of benzene rings is 1. The lowest BCUT2D eigenvalue weighted by atomic mass is 9.97. The van der Waals surface area contributed by atoms with Gasteiger partial charge in [-0.1, -0.05) is 11.6 Å². The highest BCUT2D eigenvalue weighted by molar-refractivity contribution is 6.30. The van der Waals surface area contributed by atoms with Crippen LogP contribution in [0.1, 0.15) is 16.8 Å². The third kappa shape index (κ3) is 2.19. The second-order valence-corrected chi connectivity index (χ2v) is 3.96. The summed E-state index contributed by atoms with van der Waals surface area (Å²) in [7, 11) is 0. The SMILES string of the molecule is O=C(c1ccc(Cl)c(F)c1)C1CCOC1. The zero-order valence-corrected chi connectivity index (χ0v) is 8.76. The van der Waals surface area contributed by atoms with Crippen LogP contribution in [0.5, 0.6) is 0 Å². The molecule has 0 saturated carbocycles. The van der Waals surface area contributed by atoms with Crippen molar-refractivity contribution in [3.05, 3.63) is 34.6 Å². The van der Waals surface area contributed by atoms with Gasteiger partial charge in [0.05, 0.1) is 11.6 Å². The molecule has 1 aliphatic heterocycles. The monoisotopic (exact) mass is 228 g/mol. The van der Waals surface area contributed by atoms with E-state index in [0.29, 0.717) is 25.2 Å². The fraction of sp³-hybridized carbons (Fsp3) is 0.364. The van der Waals surface area contributed by atoms with Gasteiger partial charge in [0.15, 0.2) is 5.78 Å². The maximum atomic E-state index is 13.1. The lowest BCUT2D eigenvalue weighted by molar-refractivity contribution is 0.0900. The minimum atomic E-state index is -0.554. The summed E-state index contributed by atoms with van der Waals surface area (Å²) in [6.45, 7) is 1.04. The van der Waals surface area contributed by atoms with Gasteiger partial charge >= 0.3 is 0 Å². The largest absolute Gasteiger partial charge is 0.381 e. The fourth-order valence-corrected chi connectivity index (χ4v) is 1.74. The second-order valence-electron chi connectivity index (χ2n) is 3.55. The Bertz CT molecular complexity index is 386. The highest BCUT2D eigenvalue weighted by Gasteiger charge is 2.24. The van der Waals surface area contributed by atoms with Crippen LogP contribution >= 0.6 is 11.6 Å². The molecule has 1 fully saturated rings. The molecule has 80 valence electrons. The molecule has 1 unspecified atom stereocenters. The number of ether oxygens (including phenoxy) is 1. The number of Topliss-reactive ketones (excluding diaryl/α,β-unsaturated/α-hetero) is 1. The maximum Gasteiger partial charge on any atom is 0.168 e. The van der Waals surface area contributed by atoms with Crippen LogP contribution in [0, 0.1) is 11.7 Å².